The highest BCUT2D eigenvalue weighted by molar-refractivity contribution is 9.10. The van der Waals surface area contributed by atoms with Gasteiger partial charge in [-0.05, 0) is 59.1 Å². The average molecular weight is 317 g/mol. The molecule has 2 heterocycles. The summed E-state index contributed by atoms with van der Waals surface area (Å²) in [4.78, 5) is 15.1. The van der Waals surface area contributed by atoms with E-state index < -0.39 is 0 Å². The number of halogens is 1. The highest BCUT2D eigenvalue weighted by atomic mass is 79.9. The number of amides is 1. The highest BCUT2D eigenvalue weighted by Gasteiger charge is 2.25. The Balaban J connectivity index is 2.02. The number of nitrogens with zero attached hydrogens (tertiary/aromatic N) is 1. The molecule has 0 radical (unpaired) electrons. The van der Waals surface area contributed by atoms with E-state index >= 15 is 0 Å². The van der Waals surface area contributed by atoms with Crippen LogP contribution in [0.15, 0.2) is 15.9 Å². The molecule has 1 atom stereocenters. The maximum absolute atomic E-state index is 12.3. The number of carbonyl (C=O) groups is 1. The zero-order chi connectivity index (χ0) is 12.3. The van der Waals surface area contributed by atoms with Crippen LogP contribution in [-0.4, -0.2) is 30.4 Å². The van der Waals surface area contributed by atoms with Crippen LogP contribution in [0.1, 0.15) is 28.9 Å². The molecule has 0 bridgehead atoms. The Hall–Kier alpha value is -0.390. The molecule has 1 unspecified atom stereocenters. The van der Waals surface area contributed by atoms with Crippen LogP contribution in [0.3, 0.4) is 0 Å². The molecule has 0 aromatic carbocycles. The summed E-state index contributed by atoms with van der Waals surface area (Å²) in [5.41, 5.74) is 5.59. The molecular formula is C12H17BrN2OS. The average Bonchev–Trinajstić information content (AvgIpc) is 2.75. The molecule has 1 aliphatic rings. The third kappa shape index (κ3) is 3.09. The van der Waals surface area contributed by atoms with E-state index in [4.69, 9.17) is 5.73 Å². The molecule has 1 amide bonds. The Kier molecular flexibility index (Phi) is 4.59. The molecule has 2 rings (SSSR count). The molecule has 3 nitrogen and oxygen atoms in total. The lowest BCUT2D eigenvalue weighted by Gasteiger charge is -2.32. The summed E-state index contributed by atoms with van der Waals surface area (Å²) in [6, 6.07) is 1.93. The predicted octanol–water partition coefficient (Wildman–Crippen LogP) is 2.71. The van der Waals surface area contributed by atoms with E-state index in [0.717, 1.165) is 41.8 Å². The molecule has 2 N–H and O–H groups in total. The fraction of sp³-hybridized carbons (Fsp3) is 0.583. The summed E-state index contributed by atoms with van der Waals surface area (Å²) < 4.78 is 0.911. The minimum Gasteiger partial charge on any atom is -0.338 e. The topological polar surface area (TPSA) is 46.3 Å². The molecule has 0 spiro atoms. The van der Waals surface area contributed by atoms with Crippen molar-refractivity contribution in [3.8, 4) is 0 Å². The Bertz CT molecular complexity index is 392. The summed E-state index contributed by atoms with van der Waals surface area (Å²) in [6.07, 6.45) is 3.32. The Morgan fingerprint density at radius 3 is 3.12 bits per heavy atom. The predicted molar refractivity (Wildman–Crippen MR) is 74.3 cm³/mol. The van der Waals surface area contributed by atoms with E-state index in [0.29, 0.717) is 5.92 Å². The number of nitrogens with two attached hydrogens (primary N) is 1. The lowest BCUT2D eigenvalue weighted by Crippen LogP contribution is -2.40. The highest BCUT2D eigenvalue weighted by Crippen LogP contribution is 2.27. The number of likely N-dealkylation sites (tertiary alicyclic amines) is 1. The second-order valence-electron chi connectivity index (χ2n) is 4.43. The molecule has 1 aromatic heterocycles. The van der Waals surface area contributed by atoms with E-state index in [2.05, 4.69) is 15.9 Å². The summed E-state index contributed by atoms with van der Waals surface area (Å²) >= 11 is 4.93. The number of piperidine rings is 1. The van der Waals surface area contributed by atoms with Gasteiger partial charge in [0.15, 0.2) is 0 Å². The van der Waals surface area contributed by atoms with Crippen molar-refractivity contribution in [1.29, 1.82) is 0 Å². The fourth-order valence-electron chi connectivity index (χ4n) is 2.31. The van der Waals surface area contributed by atoms with Crippen molar-refractivity contribution in [3.63, 3.8) is 0 Å². The summed E-state index contributed by atoms with van der Waals surface area (Å²) in [6.45, 7) is 2.46. The summed E-state index contributed by atoms with van der Waals surface area (Å²) in [7, 11) is 0. The molecule has 94 valence electrons. The quantitative estimate of drug-likeness (QED) is 0.932. The number of rotatable bonds is 3. The van der Waals surface area contributed by atoms with Gasteiger partial charge in [-0.25, -0.2) is 0 Å². The van der Waals surface area contributed by atoms with Crippen molar-refractivity contribution < 1.29 is 4.79 Å². The van der Waals surface area contributed by atoms with Gasteiger partial charge in [0.2, 0.25) is 0 Å². The van der Waals surface area contributed by atoms with E-state index in [1.54, 1.807) is 0 Å². The van der Waals surface area contributed by atoms with Gasteiger partial charge in [0.05, 0.1) is 0 Å². The fourth-order valence-corrected chi connectivity index (χ4v) is 3.82. The molecule has 17 heavy (non-hydrogen) atoms. The van der Waals surface area contributed by atoms with Crippen LogP contribution in [0, 0.1) is 5.92 Å². The van der Waals surface area contributed by atoms with Gasteiger partial charge in [-0.2, -0.15) is 0 Å². The lowest BCUT2D eigenvalue weighted by molar-refractivity contribution is 0.0673. The van der Waals surface area contributed by atoms with Gasteiger partial charge in [-0.15, -0.1) is 11.3 Å². The van der Waals surface area contributed by atoms with Gasteiger partial charge in [0.25, 0.3) is 5.91 Å². The van der Waals surface area contributed by atoms with Crippen molar-refractivity contribution in [2.75, 3.05) is 19.6 Å². The molecule has 1 aromatic rings. The summed E-state index contributed by atoms with van der Waals surface area (Å²) in [5, 5.41) is 1.94. The monoisotopic (exact) mass is 316 g/mol. The molecule has 1 saturated heterocycles. The Labute approximate surface area is 114 Å². The number of hydrogen-bond acceptors (Lipinski definition) is 3. The standard InChI is InChI=1S/C12H17BrN2OS/c13-10-4-7-17-11(10)12(16)15-6-1-2-9(8-15)3-5-14/h4,7,9H,1-3,5-6,8,14H2. The molecular weight excluding hydrogens is 300 g/mol. The smallest absolute Gasteiger partial charge is 0.265 e. The SMILES string of the molecule is NCCC1CCCN(C(=O)c2sccc2Br)C1. The van der Waals surface area contributed by atoms with E-state index in [1.807, 2.05) is 16.3 Å². The largest absolute Gasteiger partial charge is 0.338 e. The van der Waals surface area contributed by atoms with Crippen LogP contribution >= 0.6 is 27.3 Å². The van der Waals surface area contributed by atoms with Gasteiger partial charge in [-0.1, -0.05) is 0 Å². The molecule has 1 aliphatic heterocycles. The van der Waals surface area contributed by atoms with Crippen molar-refractivity contribution in [2.24, 2.45) is 11.7 Å². The number of hydrogen-bond donors (Lipinski definition) is 1. The van der Waals surface area contributed by atoms with Crippen molar-refractivity contribution in [1.82, 2.24) is 4.90 Å². The van der Waals surface area contributed by atoms with Crippen molar-refractivity contribution >= 4 is 33.2 Å². The number of thiophene rings is 1. The normalized spacial score (nSPS) is 20.6. The Morgan fingerprint density at radius 1 is 1.65 bits per heavy atom. The molecule has 0 aliphatic carbocycles. The molecule has 5 heteroatoms. The first-order chi connectivity index (χ1) is 8.22. The van der Waals surface area contributed by atoms with Gasteiger partial charge < -0.3 is 10.6 Å². The van der Waals surface area contributed by atoms with Gasteiger partial charge in [-0.3, -0.25) is 4.79 Å². The molecule has 0 saturated carbocycles. The van der Waals surface area contributed by atoms with Crippen molar-refractivity contribution in [3.05, 3.63) is 20.8 Å². The van der Waals surface area contributed by atoms with E-state index in [9.17, 15) is 4.79 Å². The van der Waals surface area contributed by atoms with Crippen LogP contribution in [-0.2, 0) is 0 Å². The number of carbonyl (C=O) groups excluding carboxylic acids is 1. The second kappa shape index (κ2) is 5.98. The Morgan fingerprint density at radius 2 is 2.47 bits per heavy atom. The van der Waals surface area contributed by atoms with E-state index in [-0.39, 0.29) is 5.91 Å². The maximum atomic E-state index is 12.3. The third-order valence-corrected chi connectivity index (χ3v) is 5.02. The van der Waals surface area contributed by atoms with Crippen LogP contribution in [0.5, 0.6) is 0 Å². The minimum absolute atomic E-state index is 0.161. The first kappa shape index (κ1) is 13.1. The van der Waals surface area contributed by atoms with Crippen LogP contribution in [0.2, 0.25) is 0 Å². The second-order valence-corrected chi connectivity index (χ2v) is 6.20. The zero-order valence-electron chi connectivity index (χ0n) is 9.69. The van der Waals surface area contributed by atoms with Gasteiger partial charge >= 0.3 is 0 Å². The van der Waals surface area contributed by atoms with E-state index in [1.165, 1.54) is 17.8 Å². The maximum Gasteiger partial charge on any atom is 0.265 e. The van der Waals surface area contributed by atoms with Crippen LogP contribution < -0.4 is 5.73 Å². The van der Waals surface area contributed by atoms with Crippen molar-refractivity contribution in [2.45, 2.75) is 19.3 Å². The summed E-state index contributed by atoms with van der Waals surface area (Å²) in [5.74, 6) is 0.741. The first-order valence-corrected chi connectivity index (χ1v) is 7.62. The van der Waals surface area contributed by atoms with Gasteiger partial charge in [0.1, 0.15) is 4.88 Å². The first-order valence-electron chi connectivity index (χ1n) is 5.94. The third-order valence-electron chi connectivity index (χ3n) is 3.19. The van der Waals surface area contributed by atoms with Gasteiger partial charge in [0, 0.05) is 17.6 Å². The lowest BCUT2D eigenvalue weighted by atomic mass is 9.95. The van der Waals surface area contributed by atoms with Crippen LogP contribution in [0.25, 0.3) is 0 Å². The van der Waals surface area contributed by atoms with Crippen LogP contribution in [0.4, 0.5) is 0 Å². The minimum atomic E-state index is 0.161. The zero-order valence-corrected chi connectivity index (χ0v) is 12.1. The molecule has 1 fully saturated rings.